The fourth-order valence-electron chi connectivity index (χ4n) is 3.17. The summed E-state index contributed by atoms with van der Waals surface area (Å²) < 4.78 is 27.0. The second-order valence-corrected chi connectivity index (χ2v) is 10.4. The van der Waals surface area contributed by atoms with Gasteiger partial charge in [0.15, 0.2) is 0 Å². The number of benzene rings is 1. The molecular formula is C20H31N3O4S. The van der Waals surface area contributed by atoms with Gasteiger partial charge in [0.2, 0.25) is 15.9 Å². The van der Waals surface area contributed by atoms with Crippen molar-refractivity contribution in [1.82, 2.24) is 4.72 Å². The Morgan fingerprint density at radius 1 is 1.25 bits per heavy atom. The van der Waals surface area contributed by atoms with Gasteiger partial charge in [0.1, 0.15) is 0 Å². The van der Waals surface area contributed by atoms with Crippen molar-refractivity contribution in [2.24, 2.45) is 11.1 Å². The van der Waals surface area contributed by atoms with Crippen molar-refractivity contribution in [3.63, 3.8) is 0 Å². The lowest BCUT2D eigenvalue weighted by atomic mass is 9.86. The molecular weight excluding hydrogens is 378 g/mol. The van der Waals surface area contributed by atoms with Gasteiger partial charge in [-0.05, 0) is 65.0 Å². The Hall–Kier alpha value is -1.93. The first-order valence-electron chi connectivity index (χ1n) is 9.71. The first-order valence-corrected chi connectivity index (χ1v) is 11.2. The average molecular weight is 410 g/mol. The highest BCUT2D eigenvalue weighted by molar-refractivity contribution is 7.90. The van der Waals surface area contributed by atoms with Gasteiger partial charge in [-0.25, -0.2) is 13.1 Å². The molecule has 1 aromatic rings. The van der Waals surface area contributed by atoms with Crippen molar-refractivity contribution >= 4 is 27.3 Å². The summed E-state index contributed by atoms with van der Waals surface area (Å²) in [4.78, 5) is 12.6. The lowest BCUT2D eigenvalue weighted by Gasteiger charge is -2.31. The zero-order valence-electron chi connectivity index (χ0n) is 17.0. The molecule has 1 aromatic carbocycles. The van der Waals surface area contributed by atoms with Gasteiger partial charge in [-0.3, -0.25) is 4.79 Å². The number of hydrogen-bond donors (Lipinski definition) is 3. The molecule has 0 saturated heterocycles. The molecule has 0 heterocycles. The SMILES string of the molecule is CCC(C)(C)S(=O)(=O)NC1CCC(C(=O)Nc2cccc(/C(C)=N/O)c2)CC1. The lowest BCUT2D eigenvalue weighted by Crippen LogP contribution is -2.47. The van der Waals surface area contributed by atoms with E-state index < -0.39 is 14.8 Å². The molecule has 0 atom stereocenters. The molecule has 1 aliphatic rings. The smallest absolute Gasteiger partial charge is 0.227 e. The molecule has 7 nitrogen and oxygen atoms in total. The molecule has 0 spiro atoms. The van der Waals surface area contributed by atoms with Crippen molar-refractivity contribution in [3.8, 4) is 0 Å². The van der Waals surface area contributed by atoms with Crippen molar-refractivity contribution in [3.05, 3.63) is 29.8 Å². The highest BCUT2D eigenvalue weighted by Crippen LogP contribution is 2.28. The normalized spacial score (nSPS) is 21.4. The van der Waals surface area contributed by atoms with Crippen LogP contribution in [-0.4, -0.2) is 36.0 Å². The largest absolute Gasteiger partial charge is 0.411 e. The summed E-state index contributed by atoms with van der Waals surface area (Å²) in [5.41, 5.74) is 1.86. The van der Waals surface area contributed by atoms with Crippen LogP contribution in [0.25, 0.3) is 0 Å². The molecule has 156 valence electrons. The maximum Gasteiger partial charge on any atom is 0.227 e. The summed E-state index contributed by atoms with van der Waals surface area (Å²) in [6, 6.07) is 7.03. The minimum Gasteiger partial charge on any atom is -0.411 e. The number of rotatable bonds is 7. The van der Waals surface area contributed by atoms with Crippen molar-refractivity contribution in [2.45, 2.75) is 70.6 Å². The predicted octanol–water partition coefficient (Wildman–Crippen LogP) is 3.49. The maximum absolute atomic E-state index is 12.6. The molecule has 3 N–H and O–H groups in total. The third-order valence-electron chi connectivity index (χ3n) is 5.70. The number of oxime groups is 1. The quantitative estimate of drug-likeness (QED) is 0.364. The van der Waals surface area contributed by atoms with Gasteiger partial charge in [-0.2, -0.15) is 0 Å². The molecule has 0 radical (unpaired) electrons. The number of carbonyl (C=O) groups excluding carboxylic acids is 1. The van der Waals surface area contributed by atoms with E-state index in [-0.39, 0.29) is 17.9 Å². The molecule has 8 heteroatoms. The van der Waals surface area contributed by atoms with Crippen LogP contribution >= 0.6 is 0 Å². The first kappa shape index (κ1) is 22.4. The van der Waals surface area contributed by atoms with Gasteiger partial charge >= 0.3 is 0 Å². The standard InChI is InChI=1S/C20H31N3O4S/c1-5-20(3,4)28(26,27)23-17-11-9-15(10-12-17)19(24)21-18-8-6-7-16(13-18)14(2)22-25/h6-8,13,15,17,23,25H,5,9-12H2,1-4H3,(H,21,24)/b22-14+. The Morgan fingerprint density at radius 3 is 2.46 bits per heavy atom. The van der Waals surface area contributed by atoms with Crippen molar-refractivity contribution < 1.29 is 18.4 Å². The summed E-state index contributed by atoms with van der Waals surface area (Å²) in [6.07, 6.45) is 3.12. The van der Waals surface area contributed by atoms with Crippen LogP contribution in [0.2, 0.25) is 0 Å². The van der Waals surface area contributed by atoms with E-state index in [0.29, 0.717) is 43.5 Å². The fourth-order valence-corrected chi connectivity index (χ4v) is 4.54. The van der Waals surface area contributed by atoms with E-state index in [2.05, 4.69) is 15.2 Å². The summed E-state index contributed by atoms with van der Waals surface area (Å²) in [5, 5.41) is 15.0. The van der Waals surface area contributed by atoms with E-state index in [4.69, 9.17) is 5.21 Å². The van der Waals surface area contributed by atoms with Crippen LogP contribution in [0.15, 0.2) is 29.4 Å². The summed E-state index contributed by atoms with van der Waals surface area (Å²) in [6.45, 7) is 7.00. The molecule has 0 aromatic heterocycles. The van der Waals surface area contributed by atoms with Gasteiger partial charge in [0.25, 0.3) is 0 Å². The van der Waals surface area contributed by atoms with Crippen LogP contribution in [0, 0.1) is 5.92 Å². The van der Waals surface area contributed by atoms with E-state index in [1.54, 1.807) is 45.0 Å². The fraction of sp³-hybridized carbons (Fsp3) is 0.600. The van der Waals surface area contributed by atoms with Crippen LogP contribution in [0.4, 0.5) is 5.69 Å². The Morgan fingerprint density at radius 2 is 1.89 bits per heavy atom. The minimum atomic E-state index is -3.39. The topological polar surface area (TPSA) is 108 Å². The predicted molar refractivity (Wildman–Crippen MR) is 111 cm³/mol. The Labute approximate surface area is 167 Å². The average Bonchev–Trinajstić information content (AvgIpc) is 2.67. The number of nitrogens with one attached hydrogen (secondary N) is 2. The molecule has 2 rings (SSSR count). The number of carbonyl (C=O) groups is 1. The van der Waals surface area contributed by atoms with Gasteiger partial charge < -0.3 is 10.5 Å². The van der Waals surface area contributed by atoms with Gasteiger partial charge in [0.05, 0.1) is 10.5 Å². The molecule has 0 bridgehead atoms. The van der Waals surface area contributed by atoms with Crippen LogP contribution < -0.4 is 10.0 Å². The summed E-state index contributed by atoms with van der Waals surface area (Å²) in [7, 11) is -3.39. The lowest BCUT2D eigenvalue weighted by molar-refractivity contribution is -0.120. The Kier molecular flexibility index (Phi) is 7.22. The first-order chi connectivity index (χ1) is 13.1. The number of amides is 1. The Balaban J connectivity index is 1.92. The number of sulfonamides is 1. The number of hydrogen-bond acceptors (Lipinski definition) is 5. The van der Waals surface area contributed by atoms with Gasteiger partial charge in [-0.1, -0.05) is 24.2 Å². The summed E-state index contributed by atoms with van der Waals surface area (Å²) >= 11 is 0. The van der Waals surface area contributed by atoms with Crippen molar-refractivity contribution in [1.29, 1.82) is 0 Å². The van der Waals surface area contributed by atoms with Crippen molar-refractivity contribution in [2.75, 3.05) is 5.32 Å². The summed E-state index contributed by atoms with van der Waals surface area (Å²) in [5.74, 6) is -0.206. The Bertz CT molecular complexity index is 826. The second kappa shape index (κ2) is 9.05. The highest BCUT2D eigenvalue weighted by Gasteiger charge is 2.36. The number of nitrogens with zero attached hydrogens (tertiary/aromatic N) is 1. The maximum atomic E-state index is 12.6. The van der Waals surface area contributed by atoms with Gasteiger partial charge in [-0.15, -0.1) is 0 Å². The molecule has 1 amide bonds. The van der Waals surface area contributed by atoms with E-state index in [0.717, 1.165) is 5.56 Å². The third kappa shape index (κ3) is 5.32. The molecule has 1 aliphatic carbocycles. The zero-order valence-corrected chi connectivity index (χ0v) is 17.8. The molecule has 1 saturated carbocycles. The van der Waals surface area contributed by atoms with Crippen LogP contribution in [0.3, 0.4) is 0 Å². The second-order valence-electron chi connectivity index (χ2n) is 8.04. The molecule has 0 aliphatic heterocycles. The van der Waals surface area contributed by atoms with E-state index in [9.17, 15) is 13.2 Å². The van der Waals surface area contributed by atoms with E-state index in [1.807, 2.05) is 6.92 Å². The zero-order chi connectivity index (χ0) is 20.9. The van der Waals surface area contributed by atoms with Crippen LogP contribution in [0.5, 0.6) is 0 Å². The monoisotopic (exact) mass is 409 g/mol. The highest BCUT2D eigenvalue weighted by atomic mass is 32.2. The van der Waals surface area contributed by atoms with Crippen LogP contribution in [-0.2, 0) is 14.8 Å². The third-order valence-corrected chi connectivity index (χ3v) is 8.08. The molecule has 1 fully saturated rings. The van der Waals surface area contributed by atoms with E-state index >= 15 is 0 Å². The number of anilines is 1. The molecule has 28 heavy (non-hydrogen) atoms. The van der Waals surface area contributed by atoms with E-state index in [1.165, 1.54) is 0 Å². The van der Waals surface area contributed by atoms with Crippen LogP contribution in [0.1, 0.15) is 65.4 Å². The minimum absolute atomic E-state index is 0.0639. The van der Waals surface area contributed by atoms with Gasteiger partial charge in [0, 0.05) is 23.2 Å². The molecule has 0 unspecified atom stereocenters.